The lowest BCUT2D eigenvalue weighted by molar-refractivity contribution is 0.755. The third-order valence-electron chi connectivity index (χ3n) is 13.3. The minimum absolute atomic E-state index is 0.0755. The van der Waals surface area contributed by atoms with Crippen LogP contribution in [0, 0.1) is 0 Å². The standard InChI is InChI=1S/C61H39N5/c1-4-16-39(17-5-1)58-62-54(37-55(63-58)46-28-27-38-15-10-11-22-42(38)33-46)45-24-14-23-43(34-45)44-29-31-50-52(35-44)56-48-25-12-13-26-49(48)57(50)53-36-47(30-32-51(53)56)61-65-59(40-18-6-2-7-19-40)64-60(66-61)41-20-8-3-9-21-41/h1-37,56-57H. The molecule has 0 amide bonds. The third-order valence-corrected chi connectivity index (χ3v) is 13.3. The lowest BCUT2D eigenvalue weighted by atomic mass is 9.60. The van der Waals surface area contributed by atoms with Gasteiger partial charge in [-0.2, -0.15) is 0 Å². The van der Waals surface area contributed by atoms with Gasteiger partial charge in [0.15, 0.2) is 23.3 Å². The van der Waals surface area contributed by atoms with Gasteiger partial charge >= 0.3 is 0 Å². The first-order chi connectivity index (χ1) is 32.7. The molecule has 0 saturated heterocycles. The fraction of sp³-hybridized carbons (Fsp3) is 0.0328. The Kier molecular flexibility index (Phi) is 8.91. The smallest absolute Gasteiger partial charge is 0.164 e. The average molecular weight is 842 g/mol. The number of benzene rings is 9. The number of hydrogen-bond acceptors (Lipinski definition) is 5. The van der Waals surface area contributed by atoms with E-state index in [9.17, 15) is 0 Å². The topological polar surface area (TPSA) is 64.5 Å². The van der Waals surface area contributed by atoms with Gasteiger partial charge in [-0.15, -0.1) is 0 Å². The summed E-state index contributed by atoms with van der Waals surface area (Å²) in [6.45, 7) is 0. The van der Waals surface area contributed by atoms with Crippen LogP contribution in [0.3, 0.4) is 0 Å². The van der Waals surface area contributed by atoms with Crippen LogP contribution in [0.2, 0.25) is 0 Å². The number of fused-ring (bicyclic) bond motifs is 1. The van der Waals surface area contributed by atoms with E-state index in [1.807, 2.05) is 54.6 Å². The van der Waals surface area contributed by atoms with E-state index >= 15 is 0 Å². The van der Waals surface area contributed by atoms with Crippen LogP contribution >= 0.6 is 0 Å². The predicted octanol–water partition coefficient (Wildman–Crippen LogP) is 14.5. The normalized spacial score (nSPS) is 14.4. The fourth-order valence-corrected chi connectivity index (χ4v) is 10.1. The van der Waals surface area contributed by atoms with Crippen LogP contribution in [0.5, 0.6) is 0 Å². The summed E-state index contributed by atoms with van der Waals surface area (Å²) in [6.07, 6.45) is 0. The van der Waals surface area contributed by atoms with Crippen molar-refractivity contribution < 1.29 is 0 Å². The highest BCUT2D eigenvalue weighted by atomic mass is 15.0. The van der Waals surface area contributed by atoms with E-state index in [2.05, 4.69) is 170 Å². The first kappa shape index (κ1) is 37.8. The zero-order chi connectivity index (χ0) is 43.6. The Morgan fingerprint density at radius 1 is 0.212 bits per heavy atom. The Hall–Kier alpha value is -8.67. The van der Waals surface area contributed by atoms with E-state index in [-0.39, 0.29) is 11.8 Å². The lowest BCUT2D eigenvalue weighted by Crippen LogP contribution is -2.27. The van der Waals surface area contributed by atoms with Crippen molar-refractivity contribution in [3.63, 3.8) is 0 Å². The minimum Gasteiger partial charge on any atom is -0.228 e. The molecule has 0 saturated carbocycles. The van der Waals surface area contributed by atoms with Crippen molar-refractivity contribution in [3.05, 3.63) is 258 Å². The zero-order valence-electron chi connectivity index (χ0n) is 35.8. The van der Waals surface area contributed by atoms with Gasteiger partial charge in [0, 0.05) is 45.2 Å². The summed E-state index contributed by atoms with van der Waals surface area (Å²) in [5.41, 5.74) is 18.1. The van der Waals surface area contributed by atoms with E-state index < -0.39 is 0 Å². The van der Waals surface area contributed by atoms with Gasteiger partial charge in [-0.3, -0.25) is 0 Å². The molecule has 14 rings (SSSR count). The van der Waals surface area contributed by atoms with Crippen molar-refractivity contribution in [2.24, 2.45) is 0 Å². The summed E-state index contributed by atoms with van der Waals surface area (Å²) in [5, 5.41) is 2.39. The van der Waals surface area contributed by atoms with Crippen LogP contribution in [0.15, 0.2) is 224 Å². The molecule has 0 spiro atoms. The molecular formula is C61H39N5. The van der Waals surface area contributed by atoms with E-state index in [0.717, 1.165) is 50.3 Å². The van der Waals surface area contributed by atoms with E-state index in [0.29, 0.717) is 23.3 Å². The molecule has 0 radical (unpaired) electrons. The summed E-state index contributed by atoms with van der Waals surface area (Å²) in [4.78, 5) is 25.5. The molecule has 2 aromatic heterocycles. The molecule has 2 heterocycles. The number of rotatable bonds is 7. The Morgan fingerprint density at radius 3 is 1.20 bits per heavy atom. The summed E-state index contributed by atoms with van der Waals surface area (Å²) < 4.78 is 0. The molecule has 2 bridgehead atoms. The van der Waals surface area contributed by atoms with Crippen molar-refractivity contribution in [1.29, 1.82) is 0 Å². The molecule has 9 aromatic carbocycles. The highest BCUT2D eigenvalue weighted by Crippen LogP contribution is 2.56. The van der Waals surface area contributed by atoms with Gasteiger partial charge in [0.25, 0.3) is 0 Å². The molecular weight excluding hydrogens is 803 g/mol. The predicted molar refractivity (Wildman–Crippen MR) is 266 cm³/mol. The Balaban J connectivity index is 0.896. The molecule has 5 nitrogen and oxygen atoms in total. The first-order valence-corrected chi connectivity index (χ1v) is 22.5. The van der Waals surface area contributed by atoms with Crippen molar-refractivity contribution in [2.75, 3.05) is 0 Å². The van der Waals surface area contributed by atoms with E-state index in [4.69, 9.17) is 24.9 Å². The second-order valence-corrected chi connectivity index (χ2v) is 17.2. The number of nitrogens with zero attached hydrogens (tertiary/aromatic N) is 5. The summed E-state index contributed by atoms with van der Waals surface area (Å²) in [5.74, 6) is 2.86. The van der Waals surface area contributed by atoms with Crippen LogP contribution in [0.25, 0.3) is 90.0 Å². The quantitative estimate of drug-likeness (QED) is 0.160. The highest BCUT2D eigenvalue weighted by molar-refractivity contribution is 5.88. The Morgan fingerprint density at radius 2 is 0.606 bits per heavy atom. The van der Waals surface area contributed by atoms with Crippen LogP contribution in [-0.2, 0) is 0 Å². The lowest BCUT2D eigenvalue weighted by Gasteiger charge is -2.42. The zero-order valence-corrected chi connectivity index (χ0v) is 35.8. The molecule has 66 heavy (non-hydrogen) atoms. The monoisotopic (exact) mass is 841 g/mol. The molecule has 3 aliphatic rings. The molecule has 2 atom stereocenters. The van der Waals surface area contributed by atoms with Crippen LogP contribution in [0.4, 0.5) is 0 Å². The molecule has 308 valence electrons. The first-order valence-electron chi connectivity index (χ1n) is 22.5. The maximum Gasteiger partial charge on any atom is 0.164 e. The van der Waals surface area contributed by atoms with Gasteiger partial charge in [0.05, 0.1) is 11.4 Å². The summed E-state index contributed by atoms with van der Waals surface area (Å²) in [6, 6.07) is 79.5. The molecule has 0 N–H and O–H groups in total. The average Bonchev–Trinajstić information content (AvgIpc) is 3.40. The van der Waals surface area contributed by atoms with Crippen molar-refractivity contribution >= 4 is 10.8 Å². The molecule has 3 aliphatic carbocycles. The summed E-state index contributed by atoms with van der Waals surface area (Å²) >= 11 is 0. The van der Waals surface area contributed by atoms with Gasteiger partial charge in [0.2, 0.25) is 0 Å². The van der Waals surface area contributed by atoms with Gasteiger partial charge in [-0.05, 0) is 85.6 Å². The molecule has 5 heteroatoms. The SMILES string of the molecule is c1ccc(-c2nc(-c3cccc(-c4ccc5c(c4)C4c6ccccc6C5c5cc(-c6nc(-c7ccccc7)nc(-c7ccccc7)n6)ccc54)c3)cc(-c3ccc4ccccc4c3)n2)cc1. The van der Waals surface area contributed by atoms with Gasteiger partial charge in [-0.25, -0.2) is 24.9 Å². The van der Waals surface area contributed by atoms with Crippen molar-refractivity contribution in [2.45, 2.75) is 11.8 Å². The largest absolute Gasteiger partial charge is 0.228 e. The minimum atomic E-state index is 0.0755. The molecule has 0 aliphatic heterocycles. The molecule has 2 unspecified atom stereocenters. The Bertz CT molecular complexity index is 3600. The van der Waals surface area contributed by atoms with E-state index in [1.165, 1.54) is 49.7 Å². The van der Waals surface area contributed by atoms with Crippen LogP contribution in [-0.4, -0.2) is 24.9 Å². The number of hydrogen-bond donors (Lipinski definition) is 0. The molecule has 0 fully saturated rings. The Labute approximate surface area is 382 Å². The molecule has 11 aromatic rings. The van der Waals surface area contributed by atoms with Crippen LogP contribution < -0.4 is 0 Å². The maximum atomic E-state index is 5.19. The van der Waals surface area contributed by atoms with E-state index in [1.54, 1.807) is 0 Å². The van der Waals surface area contributed by atoms with Crippen molar-refractivity contribution in [1.82, 2.24) is 24.9 Å². The van der Waals surface area contributed by atoms with Gasteiger partial charge < -0.3 is 0 Å². The van der Waals surface area contributed by atoms with Crippen LogP contribution in [0.1, 0.15) is 45.2 Å². The van der Waals surface area contributed by atoms with Gasteiger partial charge in [0.1, 0.15) is 0 Å². The summed E-state index contributed by atoms with van der Waals surface area (Å²) in [7, 11) is 0. The number of aromatic nitrogens is 5. The van der Waals surface area contributed by atoms with Gasteiger partial charge in [-0.1, -0.05) is 194 Å². The fourth-order valence-electron chi connectivity index (χ4n) is 10.1. The second kappa shape index (κ2) is 15.5. The third kappa shape index (κ3) is 6.51. The second-order valence-electron chi connectivity index (χ2n) is 17.2. The highest BCUT2D eigenvalue weighted by Gasteiger charge is 2.41. The maximum absolute atomic E-state index is 5.19. The van der Waals surface area contributed by atoms with Crippen molar-refractivity contribution in [3.8, 4) is 79.2 Å².